The van der Waals surface area contributed by atoms with Gasteiger partial charge >= 0.3 is 5.97 Å². The molecule has 0 amide bonds. The molecule has 0 saturated heterocycles. The molecule has 1 saturated carbocycles. The molecule has 104 valence electrons. The summed E-state index contributed by atoms with van der Waals surface area (Å²) in [6.45, 7) is 2.40. The largest absolute Gasteiger partial charge is 0.462 e. The van der Waals surface area contributed by atoms with Crippen LogP contribution < -0.4 is 0 Å². The summed E-state index contributed by atoms with van der Waals surface area (Å²) in [5, 5.41) is 0. The number of Topliss-reactive ketones (excluding diaryl/α,β-unsaturated/α-hetero) is 1. The normalized spacial score (nSPS) is 27.1. The molecule has 3 atom stereocenters. The van der Waals surface area contributed by atoms with Gasteiger partial charge in [-0.05, 0) is 30.4 Å². The van der Waals surface area contributed by atoms with Crippen LogP contribution in [0.3, 0.4) is 0 Å². The van der Waals surface area contributed by atoms with E-state index in [1.165, 1.54) is 0 Å². The maximum atomic E-state index is 12.1. The van der Waals surface area contributed by atoms with Crippen LogP contribution in [0, 0.1) is 11.8 Å². The lowest BCUT2D eigenvalue weighted by Gasteiger charge is -2.19. The highest BCUT2D eigenvalue weighted by Gasteiger charge is 2.45. The van der Waals surface area contributed by atoms with Gasteiger partial charge in [0.15, 0.2) is 0 Å². The van der Waals surface area contributed by atoms with Crippen molar-refractivity contribution in [1.29, 1.82) is 0 Å². The van der Waals surface area contributed by atoms with E-state index in [2.05, 4.69) is 0 Å². The van der Waals surface area contributed by atoms with E-state index in [0.717, 1.165) is 18.4 Å². The molecule has 20 heavy (non-hydrogen) atoms. The molecule has 3 heteroatoms. The van der Waals surface area contributed by atoms with E-state index in [1.807, 2.05) is 37.3 Å². The molecule has 1 aromatic carbocycles. The van der Waals surface area contributed by atoms with Gasteiger partial charge in [-0.3, -0.25) is 4.79 Å². The Balaban J connectivity index is 1.89. The first-order chi connectivity index (χ1) is 9.72. The SMILES string of the molecule is CCCOC(=O)c1ccccc1C1CC2C=CC1C2=O. The van der Waals surface area contributed by atoms with E-state index >= 15 is 0 Å². The number of hydrogen-bond donors (Lipinski definition) is 0. The number of carbonyl (C=O) groups excluding carboxylic acids is 2. The topological polar surface area (TPSA) is 43.4 Å². The van der Waals surface area contributed by atoms with E-state index in [1.54, 1.807) is 6.07 Å². The van der Waals surface area contributed by atoms with E-state index in [4.69, 9.17) is 4.74 Å². The molecule has 1 fully saturated rings. The van der Waals surface area contributed by atoms with Crippen molar-refractivity contribution in [3.8, 4) is 0 Å². The molecule has 3 rings (SSSR count). The standard InChI is InChI=1S/C17H18O3/c1-2-9-20-17(19)14-6-4-3-5-12(14)15-10-11-7-8-13(15)16(11)18/h3-8,11,13,15H,2,9-10H2,1H3. The molecule has 0 spiro atoms. The molecule has 0 heterocycles. The molecular formula is C17H18O3. The average molecular weight is 270 g/mol. The number of fused-ring (bicyclic) bond motifs is 2. The number of esters is 1. The van der Waals surface area contributed by atoms with Crippen molar-refractivity contribution in [2.24, 2.45) is 11.8 Å². The van der Waals surface area contributed by atoms with Crippen LogP contribution in [0.1, 0.15) is 41.6 Å². The Hall–Kier alpha value is -1.90. The van der Waals surface area contributed by atoms with Crippen molar-refractivity contribution in [1.82, 2.24) is 0 Å². The Bertz CT molecular complexity index is 573. The Kier molecular flexibility index (Phi) is 3.43. The first-order valence-corrected chi connectivity index (χ1v) is 7.20. The zero-order chi connectivity index (χ0) is 14.1. The van der Waals surface area contributed by atoms with Gasteiger partial charge in [-0.15, -0.1) is 0 Å². The number of rotatable bonds is 4. The van der Waals surface area contributed by atoms with Crippen LogP contribution in [0.2, 0.25) is 0 Å². The molecule has 1 aromatic rings. The summed E-state index contributed by atoms with van der Waals surface area (Å²) < 4.78 is 5.24. The molecule has 0 N–H and O–H groups in total. The molecule has 0 aliphatic heterocycles. The lowest BCUT2D eigenvalue weighted by atomic mass is 9.84. The maximum Gasteiger partial charge on any atom is 0.338 e. The Morgan fingerprint density at radius 3 is 2.75 bits per heavy atom. The van der Waals surface area contributed by atoms with Gasteiger partial charge in [-0.1, -0.05) is 37.3 Å². The van der Waals surface area contributed by atoms with Crippen LogP contribution in [0.25, 0.3) is 0 Å². The van der Waals surface area contributed by atoms with Gasteiger partial charge < -0.3 is 4.74 Å². The summed E-state index contributed by atoms with van der Waals surface area (Å²) in [6.07, 6.45) is 5.62. The van der Waals surface area contributed by atoms with Gasteiger partial charge in [0.1, 0.15) is 5.78 Å². The predicted octanol–water partition coefficient (Wildman–Crippen LogP) is 3.11. The smallest absolute Gasteiger partial charge is 0.338 e. The van der Waals surface area contributed by atoms with E-state index in [9.17, 15) is 9.59 Å². The maximum absolute atomic E-state index is 12.1. The highest BCUT2D eigenvalue weighted by atomic mass is 16.5. The van der Waals surface area contributed by atoms with Crippen LogP contribution in [-0.4, -0.2) is 18.4 Å². The minimum absolute atomic E-state index is 0.0460. The molecule has 0 radical (unpaired) electrons. The molecule has 3 unspecified atom stereocenters. The lowest BCUT2D eigenvalue weighted by Crippen LogP contribution is -2.15. The number of ketones is 1. The minimum Gasteiger partial charge on any atom is -0.462 e. The van der Waals surface area contributed by atoms with Crippen LogP contribution in [-0.2, 0) is 9.53 Å². The second kappa shape index (κ2) is 5.23. The minimum atomic E-state index is -0.276. The van der Waals surface area contributed by atoms with Crippen LogP contribution in [0.4, 0.5) is 0 Å². The van der Waals surface area contributed by atoms with Gasteiger partial charge in [0.25, 0.3) is 0 Å². The Morgan fingerprint density at radius 1 is 1.30 bits per heavy atom. The fourth-order valence-electron chi connectivity index (χ4n) is 3.24. The van der Waals surface area contributed by atoms with Crippen molar-refractivity contribution in [3.63, 3.8) is 0 Å². The van der Waals surface area contributed by atoms with Crippen LogP contribution >= 0.6 is 0 Å². The molecule has 2 bridgehead atoms. The van der Waals surface area contributed by atoms with Crippen LogP contribution in [0.15, 0.2) is 36.4 Å². The Morgan fingerprint density at radius 2 is 2.10 bits per heavy atom. The van der Waals surface area contributed by atoms with Gasteiger partial charge in [-0.2, -0.15) is 0 Å². The highest BCUT2D eigenvalue weighted by Crippen LogP contribution is 2.47. The molecular weight excluding hydrogens is 252 g/mol. The third-order valence-electron chi connectivity index (χ3n) is 4.20. The van der Waals surface area contributed by atoms with E-state index in [0.29, 0.717) is 18.0 Å². The average Bonchev–Trinajstić information content (AvgIpc) is 3.00. The summed E-state index contributed by atoms with van der Waals surface area (Å²) in [7, 11) is 0. The van der Waals surface area contributed by atoms with Crippen molar-refractivity contribution in [2.45, 2.75) is 25.7 Å². The molecule has 0 aromatic heterocycles. The first-order valence-electron chi connectivity index (χ1n) is 7.20. The molecule has 3 nitrogen and oxygen atoms in total. The second-order valence-corrected chi connectivity index (χ2v) is 5.48. The Labute approximate surface area is 118 Å². The number of allylic oxidation sites excluding steroid dienone is 2. The lowest BCUT2D eigenvalue weighted by molar-refractivity contribution is -0.120. The first kappa shape index (κ1) is 13.1. The highest BCUT2D eigenvalue weighted by molar-refractivity contribution is 5.95. The summed E-state index contributed by atoms with van der Waals surface area (Å²) in [6, 6.07) is 7.52. The summed E-state index contributed by atoms with van der Waals surface area (Å²) in [4.78, 5) is 24.2. The zero-order valence-corrected chi connectivity index (χ0v) is 11.5. The predicted molar refractivity (Wildman–Crippen MR) is 75.5 cm³/mol. The monoisotopic (exact) mass is 270 g/mol. The van der Waals surface area contributed by atoms with Crippen molar-refractivity contribution >= 4 is 11.8 Å². The van der Waals surface area contributed by atoms with Gasteiger partial charge in [0.05, 0.1) is 12.2 Å². The third-order valence-corrected chi connectivity index (χ3v) is 4.20. The number of ether oxygens (including phenoxy) is 1. The fourth-order valence-corrected chi connectivity index (χ4v) is 3.24. The molecule has 2 aliphatic rings. The summed E-state index contributed by atoms with van der Waals surface area (Å²) in [5.74, 6) is 0.140. The van der Waals surface area contributed by atoms with Crippen molar-refractivity contribution < 1.29 is 14.3 Å². The van der Waals surface area contributed by atoms with Crippen molar-refractivity contribution in [2.75, 3.05) is 6.61 Å². The van der Waals surface area contributed by atoms with Crippen LogP contribution in [0.5, 0.6) is 0 Å². The molecule has 2 aliphatic carbocycles. The second-order valence-electron chi connectivity index (χ2n) is 5.48. The van der Waals surface area contributed by atoms with Crippen molar-refractivity contribution in [3.05, 3.63) is 47.5 Å². The summed E-state index contributed by atoms with van der Waals surface area (Å²) in [5.41, 5.74) is 1.57. The summed E-state index contributed by atoms with van der Waals surface area (Å²) >= 11 is 0. The van der Waals surface area contributed by atoms with Gasteiger partial charge in [0.2, 0.25) is 0 Å². The quantitative estimate of drug-likeness (QED) is 0.623. The van der Waals surface area contributed by atoms with Gasteiger partial charge in [0, 0.05) is 11.8 Å². The van der Waals surface area contributed by atoms with E-state index < -0.39 is 0 Å². The number of carbonyl (C=O) groups is 2. The van der Waals surface area contributed by atoms with E-state index in [-0.39, 0.29) is 23.7 Å². The number of hydrogen-bond acceptors (Lipinski definition) is 3. The third kappa shape index (κ3) is 2.07. The van der Waals surface area contributed by atoms with Gasteiger partial charge in [-0.25, -0.2) is 4.79 Å². The zero-order valence-electron chi connectivity index (χ0n) is 11.5. The number of benzene rings is 1. The fraction of sp³-hybridized carbons (Fsp3) is 0.412.